The topological polar surface area (TPSA) is 114 Å². The second-order valence-corrected chi connectivity index (χ2v) is 9.42. The van der Waals surface area contributed by atoms with Crippen LogP contribution in [0.1, 0.15) is 25.0 Å². The van der Waals surface area contributed by atoms with E-state index in [-0.39, 0.29) is 18.8 Å². The SMILES string of the molecule is CC1(C)C(=O)N(c2ccc(C#N)c(C(F)(F)F)c2)C(=O)N1C/C=C\CN1CCNS1(=O)=O. The number of nitriles is 1. The Labute approximate surface area is 182 Å². The molecule has 3 amide bonds. The molecule has 0 radical (unpaired) electrons. The summed E-state index contributed by atoms with van der Waals surface area (Å²) in [6.45, 7) is 3.53. The molecule has 1 aromatic rings. The monoisotopic (exact) mass is 471 g/mol. The third-order valence-electron chi connectivity index (χ3n) is 5.26. The first-order valence-corrected chi connectivity index (χ1v) is 10.9. The van der Waals surface area contributed by atoms with E-state index in [0.29, 0.717) is 24.1 Å². The van der Waals surface area contributed by atoms with Crippen LogP contribution in [-0.2, 0) is 21.2 Å². The van der Waals surface area contributed by atoms with Gasteiger partial charge in [0.15, 0.2) is 0 Å². The molecule has 2 saturated heterocycles. The Kier molecular flexibility index (Phi) is 6.07. The Balaban J connectivity index is 1.83. The number of halogens is 3. The molecule has 0 aliphatic carbocycles. The minimum Gasteiger partial charge on any atom is -0.306 e. The largest absolute Gasteiger partial charge is 0.417 e. The number of nitrogens with one attached hydrogen (secondary N) is 1. The van der Waals surface area contributed by atoms with Crippen LogP contribution in [-0.4, -0.2) is 61.3 Å². The molecule has 0 aromatic heterocycles. The van der Waals surface area contributed by atoms with E-state index >= 15 is 0 Å². The standard InChI is InChI=1S/C19H20F3N5O4S/c1-18(2)16(28)27(14-6-5-13(12-23)15(11-14)19(20,21)22)17(29)26(18)9-4-3-8-25-10-7-24-32(25,30)31/h3-6,11,24H,7-10H2,1-2H3/b4-3-. The van der Waals surface area contributed by atoms with Gasteiger partial charge in [0.25, 0.3) is 16.1 Å². The molecule has 2 aliphatic rings. The summed E-state index contributed by atoms with van der Waals surface area (Å²) in [7, 11) is -3.52. The highest BCUT2D eigenvalue weighted by Gasteiger charge is 2.51. The van der Waals surface area contributed by atoms with Crippen molar-refractivity contribution in [2.45, 2.75) is 25.6 Å². The van der Waals surface area contributed by atoms with Gasteiger partial charge in [-0.2, -0.15) is 31.2 Å². The van der Waals surface area contributed by atoms with Crippen LogP contribution in [0.4, 0.5) is 23.7 Å². The minimum absolute atomic E-state index is 0.0577. The van der Waals surface area contributed by atoms with Crippen molar-refractivity contribution in [3.63, 3.8) is 0 Å². The van der Waals surface area contributed by atoms with Crippen molar-refractivity contribution >= 4 is 27.8 Å². The van der Waals surface area contributed by atoms with Crippen LogP contribution in [0.3, 0.4) is 0 Å². The quantitative estimate of drug-likeness (QED) is 0.520. The van der Waals surface area contributed by atoms with Gasteiger partial charge < -0.3 is 4.90 Å². The third kappa shape index (κ3) is 4.21. The number of benzene rings is 1. The molecule has 2 fully saturated rings. The average Bonchev–Trinajstić information content (AvgIpc) is 3.12. The molecule has 0 spiro atoms. The molecular formula is C19H20F3N5O4S. The van der Waals surface area contributed by atoms with Gasteiger partial charge in [0.1, 0.15) is 5.54 Å². The van der Waals surface area contributed by atoms with Crippen LogP contribution >= 0.6 is 0 Å². The van der Waals surface area contributed by atoms with E-state index in [1.807, 2.05) is 0 Å². The van der Waals surface area contributed by atoms with E-state index in [2.05, 4.69) is 4.72 Å². The predicted octanol–water partition coefficient (Wildman–Crippen LogP) is 1.83. The van der Waals surface area contributed by atoms with Gasteiger partial charge in [0, 0.05) is 26.2 Å². The van der Waals surface area contributed by atoms with E-state index in [0.717, 1.165) is 12.1 Å². The highest BCUT2D eigenvalue weighted by molar-refractivity contribution is 7.87. The van der Waals surface area contributed by atoms with Crippen molar-refractivity contribution in [2.75, 3.05) is 31.1 Å². The molecule has 3 rings (SSSR count). The summed E-state index contributed by atoms with van der Waals surface area (Å²) in [6, 6.07) is 3.27. The summed E-state index contributed by atoms with van der Waals surface area (Å²) in [5, 5.41) is 8.94. The van der Waals surface area contributed by atoms with Gasteiger partial charge in [-0.15, -0.1) is 0 Å². The number of nitrogens with zero attached hydrogens (tertiary/aromatic N) is 4. The fraction of sp³-hybridized carbons (Fsp3) is 0.421. The maximum atomic E-state index is 13.3. The van der Waals surface area contributed by atoms with Crippen molar-refractivity contribution in [3.05, 3.63) is 41.5 Å². The summed E-state index contributed by atoms with van der Waals surface area (Å²) >= 11 is 0. The maximum absolute atomic E-state index is 13.3. The molecule has 2 heterocycles. The van der Waals surface area contributed by atoms with Crippen molar-refractivity contribution in [1.29, 1.82) is 5.26 Å². The van der Waals surface area contributed by atoms with E-state index in [9.17, 15) is 31.2 Å². The Morgan fingerprint density at radius 3 is 2.44 bits per heavy atom. The summed E-state index contributed by atoms with van der Waals surface area (Å²) in [4.78, 5) is 27.7. The second kappa shape index (κ2) is 8.19. The first-order valence-electron chi connectivity index (χ1n) is 9.48. The van der Waals surface area contributed by atoms with Crippen LogP contribution in [0.15, 0.2) is 30.4 Å². The first-order chi connectivity index (χ1) is 14.8. The number of anilines is 1. The van der Waals surface area contributed by atoms with Crippen LogP contribution in [0, 0.1) is 11.3 Å². The number of imide groups is 1. The lowest BCUT2D eigenvalue weighted by Crippen LogP contribution is -2.44. The van der Waals surface area contributed by atoms with Crippen LogP contribution < -0.4 is 9.62 Å². The minimum atomic E-state index is -4.84. The highest BCUT2D eigenvalue weighted by Crippen LogP contribution is 2.37. The number of urea groups is 1. The second-order valence-electron chi connectivity index (χ2n) is 7.66. The lowest BCUT2D eigenvalue weighted by atomic mass is 10.0. The molecule has 9 nitrogen and oxygen atoms in total. The number of rotatable bonds is 5. The molecule has 1 aromatic carbocycles. The Bertz CT molecular complexity index is 1120. The van der Waals surface area contributed by atoms with Gasteiger partial charge in [0.05, 0.1) is 22.9 Å². The molecule has 0 atom stereocenters. The summed E-state index contributed by atoms with van der Waals surface area (Å²) in [6.07, 6.45) is -1.79. The molecule has 1 N–H and O–H groups in total. The maximum Gasteiger partial charge on any atom is 0.417 e. The Morgan fingerprint density at radius 2 is 1.88 bits per heavy atom. The van der Waals surface area contributed by atoms with Crippen molar-refractivity contribution in [3.8, 4) is 6.07 Å². The zero-order valence-electron chi connectivity index (χ0n) is 17.2. The van der Waals surface area contributed by atoms with E-state index in [1.165, 1.54) is 41.3 Å². The van der Waals surface area contributed by atoms with Crippen LogP contribution in [0.5, 0.6) is 0 Å². The van der Waals surface area contributed by atoms with Crippen molar-refractivity contribution < 1.29 is 31.2 Å². The predicted molar refractivity (Wildman–Crippen MR) is 107 cm³/mol. The van der Waals surface area contributed by atoms with Crippen molar-refractivity contribution in [2.24, 2.45) is 0 Å². The van der Waals surface area contributed by atoms with Gasteiger partial charge in [-0.05, 0) is 32.0 Å². The lowest BCUT2D eigenvalue weighted by molar-refractivity contribution is -0.137. The zero-order valence-corrected chi connectivity index (χ0v) is 18.0. The molecule has 172 valence electrons. The van der Waals surface area contributed by atoms with Gasteiger partial charge >= 0.3 is 12.2 Å². The van der Waals surface area contributed by atoms with E-state index in [4.69, 9.17) is 5.26 Å². The zero-order chi connectivity index (χ0) is 23.9. The molecule has 0 bridgehead atoms. The van der Waals surface area contributed by atoms with Gasteiger partial charge in [-0.1, -0.05) is 12.2 Å². The number of amides is 3. The molecule has 32 heavy (non-hydrogen) atoms. The van der Waals surface area contributed by atoms with Gasteiger partial charge in [-0.25, -0.2) is 14.4 Å². The van der Waals surface area contributed by atoms with Gasteiger partial charge in [0.2, 0.25) is 0 Å². The van der Waals surface area contributed by atoms with Crippen LogP contribution in [0.2, 0.25) is 0 Å². The molecular weight excluding hydrogens is 451 g/mol. The fourth-order valence-electron chi connectivity index (χ4n) is 3.45. The Hall–Kier alpha value is -2.95. The fourth-order valence-corrected chi connectivity index (χ4v) is 4.59. The van der Waals surface area contributed by atoms with Crippen LogP contribution in [0.25, 0.3) is 0 Å². The van der Waals surface area contributed by atoms with E-state index in [1.54, 1.807) is 0 Å². The first kappa shape index (κ1) is 23.7. The normalized spacial score (nSPS) is 21.0. The number of carbonyl (C=O) groups is 2. The molecule has 13 heteroatoms. The number of carbonyl (C=O) groups excluding carboxylic acids is 2. The summed E-state index contributed by atoms with van der Waals surface area (Å²) in [5.41, 5.74) is -3.50. The number of alkyl halides is 3. The summed E-state index contributed by atoms with van der Waals surface area (Å²) in [5.74, 6) is -0.722. The number of hydrogen-bond acceptors (Lipinski definition) is 5. The van der Waals surface area contributed by atoms with E-state index < -0.39 is 45.0 Å². The lowest BCUT2D eigenvalue weighted by Gasteiger charge is -2.26. The van der Waals surface area contributed by atoms with Gasteiger partial charge in [-0.3, -0.25) is 4.79 Å². The number of hydrogen-bond donors (Lipinski definition) is 1. The smallest absolute Gasteiger partial charge is 0.306 e. The Morgan fingerprint density at radius 1 is 1.22 bits per heavy atom. The summed E-state index contributed by atoms with van der Waals surface area (Å²) < 4.78 is 66.9. The van der Waals surface area contributed by atoms with Crippen molar-refractivity contribution in [1.82, 2.24) is 13.9 Å². The molecule has 0 unspecified atom stereocenters. The third-order valence-corrected chi connectivity index (χ3v) is 6.84. The molecule has 0 saturated carbocycles. The average molecular weight is 471 g/mol. The molecule has 2 aliphatic heterocycles. The highest BCUT2D eigenvalue weighted by atomic mass is 32.2.